The Bertz CT molecular complexity index is 524. The number of rotatable bonds is 4. The van der Waals surface area contributed by atoms with E-state index in [4.69, 9.17) is 5.73 Å². The number of halogens is 1. The van der Waals surface area contributed by atoms with Gasteiger partial charge in [0.2, 0.25) is 5.91 Å². The molecule has 7 heteroatoms. The second-order valence-electron chi connectivity index (χ2n) is 3.21. The van der Waals surface area contributed by atoms with Crippen molar-refractivity contribution in [2.24, 2.45) is 5.73 Å². The molecule has 2 rings (SSSR count). The highest BCUT2D eigenvalue weighted by Gasteiger charge is 2.05. The number of hydrogen-bond donors (Lipinski definition) is 2. The van der Waals surface area contributed by atoms with Crippen LogP contribution in [-0.2, 0) is 4.79 Å². The molecule has 2 heterocycles. The Morgan fingerprint density at radius 1 is 1.62 bits per heavy atom. The molecular weight excluding hydrogens is 274 g/mol. The summed E-state index contributed by atoms with van der Waals surface area (Å²) >= 11 is 3.30. The average Bonchev–Trinajstić information content (AvgIpc) is 2.64. The van der Waals surface area contributed by atoms with Crippen LogP contribution in [0.3, 0.4) is 0 Å². The van der Waals surface area contributed by atoms with Gasteiger partial charge < -0.3 is 15.5 Å². The molecule has 0 atom stereocenters. The van der Waals surface area contributed by atoms with Gasteiger partial charge in [0.25, 0.3) is 0 Å². The van der Waals surface area contributed by atoms with E-state index in [-0.39, 0.29) is 12.3 Å². The van der Waals surface area contributed by atoms with Crippen LogP contribution in [0.2, 0.25) is 0 Å². The number of imidazole rings is 1. The summed E-state index contributed by atoms with van der Waals surface area (Å²) < 4.78 is 2.53. The normalized spacial score (nSPS) is 10.6. The molecular formula is C9H10BrN5O. The molecule has 6 nitrogen and oxygen atoms in total. The quantitative estimate of drug-likeness (QED) is 0.868. The first kappa shape index (κ1) is 10.9. The number of primary amides is 1. The number of nitrogens with two attached hydrogens (primary N) is 1. The SMILES string of the molecule is NC(=O)CCNc1nc(Br)cn2ccnc12. The number of nitrogens with one attached hydrogen (secondary N) is 1. The Morgan fingerprint density at radius 3 is 3.19 bits per heavy atom. The topological polar surface area (TPSA) is 85.3 Å². The molecule has 2 aromatic heterocycles. The molecule has 3 N–H and O–H groups in total. The molecule has 16 heavy (non-hydrogen) atoms. The zero-order chi connectivity index (χ0) is 11.5. The number of nitrogens with zero attached hydrogens (tertiary/aromatic N) is 3. The molecule has 0 fully saturated rings. The third-order valence-corrected chi connectivity index (χ3v) is 2.39. The van der Waals surface area contributed by atoms with E-state index in [9.17, 15) is 4.79 Å². The lowest BCUT2D eigenvalue weighted by atomic mass is 10.4. The molecule has 0 aliphatic heterocycles. The van der Waals surface area contributed by atoms with Crippen molar-refractivity contribution < 1.29 is 4.79 Å². The van der Waals surface area contributed by atoms with Crippen molar-refractivity contribution in [3.05, 3.63) is 23.2 Å². The smallest absolute Gasteiger partial charge is 0.219 e. The predicted octanol–water partition coefficient (Wildman–Crippen LogP) is 0.779. The molecule has 84 valence electrons. The van der Waals surface area contributed by atoms with E-state index in [1.54, 1.807) is 6.20 Å². The first-order valence-corrected chi connectivity index (χ1v) is 5.47. The van der Waals surface area contributed by atoms with Crippen molar-refractivity contribution in [3.63, 3.8) is 0 Å². The minimum Gasteiger partial charge on any atom is -0.370 e. The van der Waals surface area contributed by atoms with Crippen molar-refractivity contribution in [2.75, 3.05) is 11.9 Å². The number of carbonyl (C=O) groups is 1. The zero-order valence-corrected chi connectivity index (χ0v) is 9.94. The van der Waals surface area contributed by atoms with E-state index in [0.717, 1.165) is 0 Å². The second-order valence-corrected chi connectivity index (χ2v) is 4.03. The van der Waals surface area contributed by atoms with Crippen molar-refractivity contribution in [1.29, 1.82) is 0 Å². The summed E-state index contributed by atoms with van der Waals surface area (Å²) in [6.45, 7) is 0.446. The van der Waals surface area contributed by atoms with Crippen LogP contribution in [0, 0.1) is 0 Å². The van der Waals surface area contributed by atoms with Gasteiger partial charge in [-0.3, -0.25) is 4.79 Å². The van der Waals surface area contributed by atoms with Crippen LogP contribution in [-0.4, -0.2) is 26.8 Å². The van der Waals surface area contributed by atoms with Crippen molar-refractivity contribution in [2.45, 2.75) is 6.42 Å². The van der Waals surface area contributed by atoms with Gasteiger partial charge in [0.15, 0.2) is 11.5 Å². The molecule has 0 unspecified atom stereocenters. The van der Waals surface area contributed by atoms with Gasteiger partial charge in [-0.2, -0.15) is 0 Å². The predicted molar refractivity (Wildman–Crippen MR) is 63.0 cm³/mol. The summed E-state index contributed by atoms with van der Waals surface area (Å²) in [5.74, 6) is 0.280. The van der Waals surface area contributed by atoms with E-state index < -0.39 is 0 Å². The van der Waals surface area contributed by atoms with E-state index in [1.807, 2.05) is 16.8 Å². The highest BCUT2D eigenvalue weighted by atomic mass is 79.9. The van der Waals surface area contributed by atoms with E-state index >= 15 is 0 Å². The number of carbonyl (C=O) groups excluding carboxylic acids is 1. The molecule has 0 saturated carbocycles. The Balaban J connectivity index is 2.22. The maximum Gasteiger partial charge on any atom is 0.219 e. The molecule has 0 bridgehead atoms. The third-order valence-electron chi connectivity index (χ3n) is 2.01. The van der Waals surface area contributed by atoms with Crippen molar-refractivity contribution in [3.8, 4) is 0 Å². The fourth-order valence-electron chi connectivity index (χ4n) is 1.32. The van der Waals surface area contributed by atoms with Crippen LogP contribution < -0.4 is 11.1 Å². The highest BCUT2D eigenvalue weighted by molar-refractivity contribution is 9.10. The molecule has 0 spiro atoms. The van der Waals surface area contributed by atoms with Gasteiger partial charge in [-0.25, -0.2) is 9.97 Å². The van der Waals surface area contributed by atoms with E-state index in [0.29, 0.717) is 22.6 Å². The summed E-state index contributed by atoms with van der Waals surface area (Å²) in [7, 11) is 0. The second kappa shape index (κ2) is 4.48. The minimum absolute atomic E-state index is 0.265. The monoisotopic (exact) mass is 283 g/mol. The van der Waals surface area contributed by atoms with Gasteiger partial charge in [0.05, 0.1) is 0 Å². The molecule has 1 amide bonds. The Labute approximate surface area is 100 Å². The Hall–Kier alpha value is -1.63. The Morgan fingerprint density at radius 2 is 2.44 bits per heavy atom. The number of hydrogen-bond acceptors (Lipinski definition) is 4. The van der Waals surface area contributed by atoms with Crippen LogP contribution >= 0.6 is 15.9 Å². The zero-order valence-electron chi connectivity index (χ0n) is 8.35. The lowest BCUT2D eigenvalue weighted by molar-refractivity contribution is -0.117. The largest absolute Gasteiger partial charge is 0.370 e. The molecule has 0 aliphatic rings. The van der Waals surface area contributed by atoms with Gasteiger partial charge in [0, 0.05) is 31.6 Å². The molecule has 0 aliphatic carbocycles. The van der Waals surface area contributed by atoms with Crippen molar-refractivity contribution in [1.82, 2.24) is 14.4 Å². The molecule has 2 aromatic rings. The fraction of sp³-hybridized carbons (Fsp3) is 0.222. The number of amides is 1. The molecule has 0 saturated heterocycles. The molecule has 0 radical (unpaired) electrons. The fourth-order valence-corrected chi connectivity index (χ4v) is 1.72. The van der Waals surface area contributed by atoms with Gasteiger partial charge in [-0.1, -0.05) is 0 Å². The highest BCUT2D eigenvalue weighted by Crippen LogP contribution is 2.16. The van der Waals surface area contributed by atoms with Gasteiger partial charge in [-0.05, 0) is 15.9 Å². The first-order valence-electron chi connectivity index (χ1n) is 4.68. The summed E-state index contributed by atoms with van der Waals surface area (Å²) in [6, 6.07) is 0. The summed E-state index contributed by atoms with van der Waals surface area (Å²) in [5, 5.41) is 3.02. The third kappa shape index (κ3) is 2.30. The number of aromatic nitrogens is 3. The average molecular weight is 284 g/mol. The van der Waals surface area contributed by atoms with Crippen LogP contribution in [0.5, 0.6) is 0 Å². The maximum absolute atomic E-state index is 10.6. The van der Waals surface area contributed by atoms with E-state index in [2.05, 4.69) is 31.2 Å². The number of fused-ring (bicyclic) bond motifs is 1. The lowest BCUT2D eigenvalue weighted by Crippen LogP contribution is -2.16. The van der Waals surface area contributed by atoms with Crippen molar-refractivity contribution >= 4 is 33.3 Å². The minimum atomic E-state index is -0.346. The van der Waals surface area contributed by atoms with Crippen LogP contribution in [0.25, 0.3) is 5.65 Å². The summed E-state index contributed by atoms with van der Waals surface area (Å²) in [4.78, 5) is 19.0. The van der Waals surface area contributed by atoms with Crippen LogP contribution in [0.1, 0.15) is 6.42 Å². The van der Waals surface area contributed by atoms with Crippen LogP contribution in [0.4, 0.5) is 5.82 Å². The van der Waals surface area contributed by atoms with Gasteiger partial charge >= 0.3 is 0 Å². The number of anilines is 1. The summed E-state index contributed by atoms with van der Waals surface area (Å²) in [5.41, 5.74) is 5.77. The maximum atomic E-state index is 10.6. The Kier molecular flexibility index (Phi) is 3.04. The standard InChI is InChI=1S/C9H10BrN5O/c10-6-5-15-4-3-13-9(15)8(14-6)12-2-1-7(11)16/h3-5H,1-2H2,(H2,11,16)(H,12,14). The van der Waals surface area contributed by atoms with Gasteiger partial charge in [0.1, 0.15) is 4.60 Å². The van der Waals surface area contributed by atoms with E-state index in [1.165, 1.54) is 0 Å². The summed E-state index contributed by atoms with van der Waals surface area (Å²) in [6.07, 6.45) is 5.58. The molecule has 0 aromatic carbocycles. The van der Waals surface area contributed by atoms with Gasteiger partial charge in [-0.15, -0.1) is 0 Å². The first-order chi connectivity index (χ1) is 7.66. The van der Waals surface area contributed by atoms with Crippen LogP contribution in [0.15, 0.2) is 23.2 Å². The lowest BCUT2D eigenvalue weighted by Gasteiger charge is -2.06.